The van der Waals surface area contributed by atoms with E-state index in [1.165, 1.54) is 16.8 Å². The molecule has 2 aromatic rings. The maximum absolute atomic E-state index is 4.62. The number of aromatic nitrogens is 1. The average molecular weight is 283 g/mol. The van der Waals surface area contributed by atoms with Crippen molar-refractivity contribution in [1.82, 2.24) is 10.3 Å². The molecule has 0 bridgehead atoms. The molecular formula is C18H25N3. The van der Waals surface area contributed by atoms with Crippen molar-refractivity contribution in [2.75, 3.05) is 11.4 Å². The fourth-order valence-electron chi connectivity index (χ4n) is 2.38. The Labute approximate surface area is 128 Å². The molecule has 1 aromatic heterocycles. The number of anilines is 2. The van der Waals surface area contributed by atoms with Gasteiger partial charge in [-0.05, 0) is 37.6 Å². The van der Waals surface area contributed by atoms with E-state index in [4.69, 9.17) is 0 Å². The van der Waals surface area contributed by atoms with Gasteiger partial charge < -0.3 is 10.2 Å². The molecule has 1 heterocycles. The SMILES string of the molecule is CCN(c1cccc(C)c1)c1ncccc1CNC(C)C. The first-order chi connectivity index (χ1) is 10.1. The Morgan fingerprint density at radius 2 is 2.00 bits per heavy atom. The zero-order valence-corrected chi connectivity index (χ0v) is 13.4. The Morgan fingerprint density at radius 1 is 1.19 bits per heavy atom. The molecule has 112 valence electrons. The molecule has 0 aliphatic carbocycles. The van der Waals surface area contributed by atoms with E-state index in [9.17, 15) is 0 Å². The fourth-order valence-corrected chi connectivity index (χ4v) is 2.38. The molecule has 0 saturated carbocycles. The Morgan fingerprint density at radius 3 is 2.67 bits per heavy atom. The Kier molecular flexibility index (Phi) is 5.34. The topological polar surface area (TPSA) is 28.2 Å². The van der Waals surface area contributed by atoms with Crippen LogP contribution in [0, 0.1) is 6.92 Å². The van der Waals surface area contributed by atoms with Gasteiger partial charge in [0, 0.05) is 36.6 Å². The summed E-state index contributed by atoms with van der Waals surface area (Å²) in [6.07, 6.45) is 1.87. The smallest absolute Gasteiger partial charge is 0.137 e. The van der Waals surface area contributed by atoms with E-state index >= 15 is 0 Å². The number of hydrogen-bond acceptors (Lipinski definition) is 3. The lowest BCUT2D eigenvalue weighted by atomic mass is 10.1. The minimum Gasteiger partial charge on any atom is -0.326 e. The van der Waals surface area contributed by atoms with Crippen molar-refractivity contribution in [1.29, 1.82) is 0 Å². The number of benzene rings is 1. The summed E-state index contributed by atoms with van der Waals surface area (Å²) in [5.74, 6) is 1.04. The number of aryl methyl sites for hydroxylation is 1. The number of nitrogens with one attached hydrogen (secondary N) is 1. The lowest BCUT2D eigenvalue weighted by Crippen LogP contribution is -2.25. The summed E-state index contributed by atoms with van der Waals surface area (Å²) in [4.78, 5) is 6.89. The number of nitrogens with zero attached hydrogens (tertiary/aromatic N) is 2. The van der Waals surface area contributed by atoms with E-state index in [1.54, 1.807) is 0 Å². The van der Waals surface area contributed by atoms with E-state index in [1.807, 2.05) is 12.3 Å². The summed E-state index contributed by atoms with van der Waals surface area (Å²) in [5.41, 5.74) is 3.69. The molecule has 0 aliphatic heterocycles. The first-order valence-corrected chi connectivity index (χ1v) is 7.63. The second-order valence-corrected chi connectivity index (χ2v) is 5.60. The first kappa shape index (κ1) is 15.5. The van der Waals surface area contributed by atoms with Gasteiger partial charge in [-0.3, -0.25) is 0 Å². The van der Waals surface area contributed by atoms with Crippen molar-refractivity contribution in [2.45, 2.75) is 40.3 Å². The van der Waals surface area contributed by atoms with Crippen molar-refractivity contribution in [2.24, 2.45) is 0 Å². The lowest BCUT2D eigenvalue weighted by Gasteiger charge is -2.25. The fraction of sp³-hybridized carbons (Fsp3) is 0.389. The van der Waals surface area contributed by atoms with Crippen molar-refractivity contribution in [3.05, 3.63) is 53.7 Å². The number of rotatable bonds is 6. The molecule has 0 aliphatic rings. The van der Waals surface area contributed by atoms with Crippen LogP contribution in [-0.2, 0) is 6.54 Å². The summed E-state index contributed by atoms with van der Waals surface area (Å²) in [5, 5.41) is 3.48. The van der Waals surface area contributed by atoms with Crippen LogP contribution in [0.1, 0.15) is 31.9 Å². The molecule has 0 unspecified atom stereocenters. The van der Waals surface area contributed by atoms with E-state index in [2.05, 4.69) is 73.2 Å². The van der Waals surface area contributed by atoms with Crippen LogP contribution in [0.4, 0.5) is 11.5 Å². The van der Waals surface area contributed by atoms with Crippen LogP contribution in [0.3, 0.4) is 0 Å². The largest absolute Gasteiger partial charge is 0.326 e. The molecule has 2 rings (SSSR count). The molecule has 21 heavy (non-hydrogen) atoms. The highest BCUT2D eigenvalue weighted by atomic mass is 15.2. The van der Waals surface area contributed by atoms with Crippen LogP contribution >= 0.6 is 0 Å². The summed E-state index contributed by atoms with van der Waals surface area (Å²) < 4.78 is 0. The molecular weight excluding hydrogens is 258 g/mol. The Balaban J connectivity index is 2.33. The van der Waals surface area contributed by atoms with Crippen LogP contribution < -0.4 is 10.2 Å². The van der Waals surface area contributed by atoms with Crippen molar-refractivity contribution in [3.8, 4) is 0 Å². The molecule has 3 heteroatoms. The van der Waals surface area contributed by atoms with Crippen LogP contribution in [-0.4, -0.2) is 17.6 Å². The Bertz CT molecular complexity index is 578. The van der Waals surface area contributed by atoms with E-state index in [0.29, 0.717) is 6.04 Å². The number of hydrogen-bond donors (Lipinski definition) is 1. The highest BCUT2D eigenvalue weighted by Crippen LogP contribution is 2.27. The predicted octanol–water partition coefficient (Wildman–Crippen LogP) is 4.05. The third kappa shape index (κ3) is 4.05. The Hall–Kier alpha value is -1.87. The summed E-state index contributed by atoms with van der Waals surface area (Å²) >= 11 is 0. The van der Waals surface area contributed by atoms with Crippen LogP contribution in [0.15, 0.2) is 42.6 Å². The lowest BCUT2D eigenvalue weighted by molar-refractivity contribution is 0.588. The van der Waals surface area contributed by atoms with E-state index < -0.39 is 0 Å². The maximum atomic E-state index is 4.62. The number of pyridine rings is 1. The molecule has 1 N–H and O–H groups in total. The van der Waals surface area contributed by atoms with Gasteiger partial charge in [-0.15, -0.1) is 0 Å². The molecule has 3 nitrogen and oxygen atoms in total. The molecule has 0 amide bonds. The van der Waals surface area contributed by atoms with Gasteiger partial charge in [0.15, 0.2) is 0 Å². The predicted molar refractivity (Wildman–Crippen MR) is 90.1 cm³/mol. The highest BCUT2D eigenvalue weighted by molar-refractivity contribution is 5.63. The molecule has 0 radical (unpaired) electrons. The van der Waals surface area contributed by atoms with Gasteiger partial charge in [0.1, 0.15) is 5.82 Å². The zero-order valence-electron chi connectivity index (χ0n) is 13.4. The van der Waals surface area contributed by atoms with Crippen LogP contribution in [0.25, 0.3) is 0 Å². The molecule has 1 aromatic carbocycles. The second kappa shape index (κ2) is 7.23. The monoisotopic (exact) mass is 283 g/mol. The maximum Gasteiger partial charge on any atom is 0.137 e. The van der Waals surface area contributed by atoms with Gasteiger partial charge in [-0.2, -0.15) is 0 Å². The van der Waals surface area contributed by atoms with Gasteiger partial charge in [0.2, 0.25) is 0 Å². The summed E-state index contributed by atoms with van der Waals surface area (Å²) in [6.45, 7) is 10.3. The van der Waals surface area contributed by atoms with Crippen molar-refractivity contribution >= 4 is 11.5 Å². The first-order valence-electron chi connectivity index (χ1n) is 7.63. The quantitative estimate of drug-likeness (QED) is 0.867. The summed E-state index contributed by atoms with van der Waals surface area (Å²) in [7, 11) is 0. The van der Waals surface area contributed by atoms with Crippen molar-refractivity contribution < 1.29 is 0 Å². The standard InChI is InChI=1S/C18H25N3/c1-5-21(17-10-6-8-15(4)12-17)18-16(9-7-11-19-18)13-20-14(2)3/h6-12,14,20H,5,13H2,1-4H3. The molecule has 0 fully saturated rings. The van der Waals surface area contributed by atoms with Gasteiger partial charge in [0.25, 0.3) is 0 Å². The average Bonchev–Trinajstić information content (AvgIpc) is 2.47. The molecule has 0 spiro atoms. The van der Waals surface area contributed by atoms with Crippen molar-refractivity contribution in [3.63, 3.8) is 0 Å². The third-order valence-electron chi connectivity index (χ3n) is 3.45. The van der Waals surface area contributed by atoms with Crippen LogP contribution in [0.5, 0.6) is 0 Å². The summed E-state index contributed by atoms with van der Waals surface area (Å²) in [6, 6.07) is 13.2. The van der Waals surface area contributed by atoms with Gasteiger partial charge in [0.05, 0.1) is 0 Å². The van der Waals surface area contributed by atoms with Gasteiger partial charge >= 0.3 is 0 Å². The van der Waals surface area contributed by atoms with E-state index in [0.717, 1.165) is 18.9 Å². The van der Waals surface area contributed by atoms with E-state index in [-0.39, 0.29) is 0 Å². The van der Waals surface area contributed by atoms with Gasteiger partial charge in [-0.25, -0.2) is 4.98 Å². The second-order valence-electron chi connectivity index (χ2n) is 5.60. The zero-order chi connectivity index (χ0) is 15.2. The molecule has 0 atom stereocenters. The minimum absolute atomic E-state index is 0.465. The van der Waals surface area contributed by atoms with Gasteiger partial charge in [-0.1, -0.05) is 32.0 Å². The molecule has 0 saturated heterocycles. The minimum atomic E-state index is 0.465. The third-order valence-corrected chi connectivity index (χ3v) is 3.45. The normalized spacial score (nSPS) is 10.9. The highest BCUT2D eigenvalue weighted by Gasteiger charge is 2.13. The van der Waals surface area contributed by atoms with Crippen LogP contribution in [0.2, 0.25) is 0 Å².